The van der Waals surface area contributed by atoms with Crippen molar-refractivity contribution in [2.45, 2.75) is 10.1 Å². The van der Waals surface area contributed by atoms with Gasteiger partial charge in [-0.05, 0) is 30.0 Å². The Morgan fingerprint density at radius 2 is 2.00 bits per heavy atom. The highest BCUT2D eigenvalue weighted by atomic mass is 35.5. The molecule has 0 unspecified atom stereocenters. The molecular formula is C13H14ClN5OS. The SMILES string of the molecule is Nc1nc(Sc2cccc(Cl)c2)nc(N2CCOCC2)n1. The molecule has 0 bridgehead atoms. The molecule has 6 nitrogen and oxygen atoms in total. The Labute approximate surface area is 131 Å². The van der Waals surface area contributed by atoms with Crippen LogP contribution < -0.4 is 10.6 Å². The van der Waals surface area contributed by atoms with E-state index in [2.05, 4.69) is 15.0 Å². The van der Waals surface area contributed by atoms with E-state index in [9.17, 15) is 0 Å². The molecule has 0 aliphatic carbocycles. The van der Waals surface area contributed by atoms with Crippen LogP contribution in [0.3, 0.4) is 0 Å². The summed E-state index contributed by atoms with van der Waals surface area (Å²) in [6.45, 7) is 2.85. The average Bonchev–Trinajstić information content (AvgIpc) is 2.47. The van der Waals surface area contributed by atoms with Gasteiger partial charge in [-0.25, -0.2) is 0 Å². The summed E-state index contributed by atoms with van der Waals surface area (Å²) < 4.78 is 5.33. The maximum atomic E-state index is 5.98. The maximum Gasteiger partial charge on any atom is 0.231 e. The fraction of sp³-hybridized carbons (Fsp3) is 0.308. The minimum Gasteiger partial charge on any atom is -0.378 e. The van der Waals surface area contributed by atoms with Crippen LogP contribution in [0.2, 0.25) is 5.02 Å². The number of hydrogen-bond donors (Lipinski definition) is 1. The number of nitrogens with zero attached hydrogens (tertiary/aromatic N) is 4. The fourth-order valence-electron chi connectivity index (χ4n) is 1.95. The summed E-state index contributed by atoms with van der Waals surface area (Å²) >= 11 is 7.39. The van der Waals surface area contributed by atoms with Gasteiger partial charge in [0.1, 0.15) is 0 Å². The van der Waals surface area contributed by atoms with Crippen LogP contribution >= 0.6 is 23.4 Å². The van der Waals surface area contributed by atoms with Crippen molar-refractivity contribution in [1.29, 1.82) is 0 Å². The van der Waals surface area contributed by atoms with Crippen molar-refractivity contribution < 1.29 is 4.74 Å². The number of aromatic nitrogens is 3. The normalized spacial score (nSPS) is 15.2. The lowest BCUT2D eigenvalue weighted by molar-refractivity contribution is 0.122. The van der Waals surface area contributed by atoms with Crippen molar-refractivity contribution in [2.75, 3.05) is 36.9 Å². The van der Waals surface area contributed by atoms with Crippen LogP contribution in [-0.4, -0.2) is 41.3 Å². The zero-order valence-electron chi connectivity index (χ0n) is 11.2. The van der Waals surface area contributed by atoms with E-state index >= 15 is 0 Å². The highest BCUT2D eigenvalue weighted by Crippen LogP contribution is 2.28. The Morgan fingerprint density at radius 1 is 1.19 bits per heavy atom. The summed E-state index contributed by atoms with van der Waals surface area (Å²) in [7, 11) is 0. The number of morpholine rings is 1. The van der Waals surface area contributed by atoms with Gasteiger partial charge in [0, 0.05) is 23.0 Å². The van der Waals surface area contributed by atoms with E-state index in [0.717, 1.165) is 18.0 Å². The number of rotatable bonds is 3. The van der Waals surface area contributed by atoms with Gasteiger partial charge in [-0.1, -0.05) is 17.7 Å². The second-order valence-electron chi connectivity index (χ2n) is 4.44. The smallest absolute Gasteiger partial charge is 0.231 e. The molecule has 1 saturated heterocycles. The molecule has 0 amide bonds. The standard InChI is InChI=1S/C13H14ClN5OS/c14-9-2-1-3-10(8-9)21-13-17-11(15)16-12(18-13)19-4-6-20-7-5-19/h1-3,8H,4-7H2,(H2,15,16,17,18). The Kier molecular flexibility index (Phi) is 4.42. The van der Waals surface area contributed by atoms with E-state index in [4.69, 9.17) is 22.1 Å². The first-order valence-electron chi connectivity index (χ1n) is 6.48. The van der Waals surface area contributed by atoms with Gasteiger partial charge in [-0.3, -0.25) is 0 Å². The quantitative estimate of drug-likeness (QED) is 0.926. The third-order valence-electron chi connectivity index (χ3n) is 2.92. The third kappa shape index (κ3) is 3.75. The first-order chi connectivity index (χ1) is 10.2. The van der Waals surface area contributed by atoms with Crippen LogP contribution in [-0.2, 0) is 4.74 Å². The van der Waals surface area contributed by atoms with Crippen LogP contribution in [0.1, 0.15) is 0 Å². The summed E-state index contributed by atoms with van der Waals surface area (Å²) in [6.07, 6.45) is 0. The lowest BCUT2D eigenvalue weighted by Crippen LogP contribution is -2.37. The molecule has 2 aromatic rings. The van der Waals surface area contributed by atoms with Crippen LogP contribution in [0.4, 0.5) is 11.9 Å². The van der Waals surface area contributed by atoms with Crippen molar-refractivity contribution in [3.05, 3.63) is 29.3 Å². The van der Waals surface area contributed by atoms with Crippen molar-refractivity contribution >= 4 is 35.3 Å². The molecule has 2 N–H and O–H groups in total. The molecule has 8 heteroatoms. The number of nitrogen functional groups attached to an aromatic ring is 1. The molecule has 3 rings (SSSR count). The van der Waals surface area contributed by atoms with E-state index in [-0.39, 0.29) is 5.95 Å². The monoisotopic (exact) mass is 323 g/mol. The molecule has 0 saturated carbocycles. The lowest BCUT2D eigenvalue weighted by Gasteiger charge is -2.26. The molecule has 1 fully saturated rings. The second-order valence-corrected chi connectivity index (χ2v) is 5.91. The van der Waals surface area contributed by atoms with E-state index in [1.165, 1.54) is 11.8 Å². The molecule has 0 atom stereocenters. The Morgan fingerprint density at radius 3 is 2.76 bits per heavy atom. The predicted octanol–water partition coefficient (Wildman–Crippen LogP) is 2.09. The first-order valence-corrected chi connectivity index (χ1v) is 7.68. The largest absolute Gasteiger partial charge is 0.378 e. The first kappa shape index (κ1) is 14.4. The minimum absolute atomic E-state index is 0.219. The fourth-order valence-corrected chi connectivity index (χ4v) is 3.01. The van der Waals surface area contributed by atoms with E-state index in [0.29, 0.717) is 29.3 Å². The van der Waals surface area contributed by atoms with Crippen LogP contribution in [0.5, 0.6) is 0 Å². The Hall–Kier alpha value is -1.57. The number of ether oxygens (including phenoxy) is 1. The molecule has 2 heterocycles. The van der Waals surface area contributed by atoms with Gasteiger partial charge in [-0.2, -0.15) is 15.0 Å². The molecule has 1 aromatic heterocycles. The van der Waals surface area contributed by atoms with Gasteiger partial charge in [-0.15, -0.1) is 0 Å². The summed E-state index contributed by atoms with van der Waals surface area (Å²) in [5.74, 6) is 0.811. The number of hydrogen-bond acceptors (Lipinski definition) is 7. The topological polar surface area (TPSA) is 77.2 Å². The number of nitrogens with two attached hydrogens (primary N) is 1. The molecule has 1 aliphatic heterocycles. The molecule has 0 radical (unpaired) electrons. The third-order valence-corrected chi connectivity index (χ3v) is 4.01. The molecule has 1 aliphatic rings. The van der Waals surface area contributed by atoms with Gasteiger partial charge in [0.25, 0.3) is 0 Å². The van der Waals surface area contributed by atoms with Crippen LogP contribution in [0.25, 0.3) is 0 Å². The molecule has 110 valence electrons. The van der Waals surface area contributed by atoms with Crippen molar-refractivity contribution in [1.82, 2.24) is 15.0 Å². The average molecular weight is 324 g/mol. The van der Waals surface area contributed by atoms with Crippen molar-refractivity contribution in [3.8, 4) is 0 Å². The Balaban J connectivity index is 1.83. The summed E-state index contributed by atoms with van der Waals surface area (Å²) in [4.78, 5) is 15.8. The Bertz CT molecular complexity index is 636. The van der Waals surface area contributed by atoms with E-state index in [1.54, 1.807) is 0 Å². The van der Waals surface area contributed by atoms with E-state index < -0.39 is 0 Å². The molecule has 1 aromatic carbocycles. The molecule has 21 heavy (non-hydrogen) atoms. The van der Waals surface area contributed by atoms with Crippen LogP contribution in [0, 0.1) is 0 Å². The van der Waals surface area contributed by atoms with Gasteiger partial charge in [0.2, 0.25) is 11.9 Å². The lowest BCUT2D eigenvalue weighted by atomic mass is 10.4. The van der Waals surface area contributed by atoms with Gasteiger partial charge in [0.15, 0.2) is 5.16 Å². The zero-order valence-corrected chi connectivity index (χ0v) is 12.8. The van der Waals surface area contributed by atoms with Gasteiger partial charge < -0.3 is 15.4 Å². The minimum atomic E-state index is 0.219. The number of benzene rings is 1. The number of anilines is 2. The van der Waals surface area contributed by atoms with Gasteiger partial charge in [0.05, 0.1) is 13.2 Å². The number of halogens is 1. The summed E-state index contributed by atoms with van der Waals surface area (Å²) in [5, 5.41) is 1.24. The molecular weight excluding hydrogens is 310 g/mol. The van der Waals surface area contributed by atoms with E-state index in [1.807, 2.05) is 29.2 Å². The predicted molar refractivity (Wildman–Crippen MR) is 82.8 cm³/mol. The zero-order chi connectivity index (χ0) is 14.7. The van der Waals surface area contributed by atoms with Gasteiger partial charge >= 0.3 is 0 Å². The highest BCUT2D eigenvalue weighted by molar-refractivity contribution is 7.99. The summed E-state index contributed by atoms with van der Waals surface area (Å²) in [6, 6.07) is 7.52. The van der Waals surface area contributed by atoms with Crippen LogP contribution in [0.15, 0.2) is 34.3 Å². The maximum absolute atomic E-state index is 5.98. The molecule has 0 spiro atoms. The second kappa shape index (κ2) is 6.46. The van der Waals surface area contributed by atoms with Crippen molar-refractivity contribution in [2.24, 2.45) is 0 Å². The van der Waals surface area contributed by atoms with Crippen molar-refractivity contribution in [3.63, 3.8) is 0 Å². The summed E-state index contributed by atoms with van der Waals surface area (Å²) in [5.41, 5.74) is 5.79. The highest BCUT2D eigenvalue weighted by Gasteiger charge is 2.16.